The van der Waals surface area contributed by atoms with Gasteiger partial charge in [-0.05, 0) is 36.5 Å². The molecule has 0 bridgehead atoms. The van der Waals surface area contributed by atoms with Crippen molar-refractivity contribution in [2.24, 2.45) is 11.7 Å². The quantitative estimate of drug-likeness (QED) is 0.853. The van der Waals surface area contributed by atoms with Crippen LogP contribution in [0, 0.1) is 5.92 Å². The van der Waals surface area contributed by atoms with E-state index in [0.29, 0.717) is 5.92 Å². The molecule has 0 radical (unpaired) electrons. The highest BCUT2D eigenvalue weighted by Crippen LogP contribution is 2.23. The zero-order valence-corrected chi connectivity index (χ0v) is 11.1. The minimum Gasteiger partial charge on any atom is -0.361 e. The van der Waals surface area contributed by atoms with Crippen LogP contribution in [0.2, 0.25) is 5.02 Å². The minimum atomic E-state index is 0.227. The first-order valence-electron chi connectivity index (χ1n) is 6.07. The Morgan fingerprint density at radius 2 is 2.12 bits per heavy atom. The molecule has 0 aliphatic heterocycles. The van der Waals surface area contributed by atoms with Crippen molar-refractivity contribution < 1.29 is 0 Å². The maximum absolute atomic E-state index is 6.15. The number of nitrogens with two attached hydrogens (primary N) is 1. The van der Waals surface area contributed by atoms with Crippen LogP contribution in [-0.2, 0) is 6.42 Å². The molecule has 2 aromatic rings. The lowest BCUT2D eigenvalue weighted by Crippen LogP contribution is -2.24. The molecule has 17 heavy (non-hydrogen) atoms. The summed E-state index contributed by atoms with van der Waals surface area (Å²) in [6.07, 6.45) is 4.02. The predicted octanol–water partition coefficient (Wildman–Crippen LogP) is 3.74. The normalized spacial score (nSPS) is 13.5. The van der Waals surface area contributed by atoms with Gasteiger partial charge in [0.1, 0.15) is 0 Å². The molecule has 1 aromatic carbocycles. The van der Waals surface area contributed by atoms with E-state index in [1.165, 1.54) is 10.9 Å². The van der Waals surface area contributed by atoms with E-state index in [1.54, 1.807) is 0 Å². The van der Waals surface area contributed by atoms with Crippen LogP contribution in [0.15, 0.2) is 24.4 Å². The van der Waals surface area contributed by atoms with E-state index in [2.05, 4.69) is 24.9 Å². The molecule has 0 aliphatic rings. The third-order valence-electron chi connectivity index (χ3n) is 2.99. The van der Waals surface area contributed by atoms with Crippen molar-refractivity contribution in [3.8, 4) is 0 Å². The van der Waals surface area contributed by atoms with E-state index in [4.69, 9.17) is 17.3 Å². The van der Waals surface area contributed by atoms with E-state index in [1.807, 2.05) is 18.3 Å². The zero-order chi connectivity index (χ0) is 12.4. The molecule has 3 heteroatoms. The maximum Gasteiger partial charge on any atom is 0.0471 e. The highest BCUT2D eigenvalue weighted by molar-refractivity contribution is 6.31. The van der Waals surface area contributed by atoms with Gasteiger partial charge in [0.15, 0.2) is 0 Å². The number of halogens is 1. The van der Waals surface area contributed by atoms with Gasteiger partial charge < -0.3 is 10.7 Å². The summed E-state index contributed by atoms with van der Waals surface area (Å²) in [5, 5.41) is 1.99. The van der Waals surface area contributed by atoms with Crippen LogP contribution in [0.5, 0.6) is 0 Å². The molecule has 2 nitrogen and oxygen atoms in total. The Balaban J connectivity index is 2.19. The molecule has 1 aromatic heterocycles. The van der Waals surface area contributed by atoms with Crippen molar-refractivity contribution in [3.63, 3.8) is 0 Å². The third kappa shape index (κ3) is 3.02. The lowest BCUT2D eigenvalue weighted by atomic mass is 9.98. The Hall–Kier alpha value is -0.990. The number of aromatic amines is 1. The van der Waals surface area contributed by atoms with E-state index in [-0.39, 0.29) is 6.04 Å². The van der Waals surface area contributed by atoms with Crippen LogP contribution in [0.4, 0.5) is 0 Å². The lowest BCUT2D eigenvalue weighted by Gasteiger charge is -2.13. The van der Waals surface area contributed by atoms with Crippen molar-refractivity contribution in [2.45, 2.75) is 32.7 Å². The summed E-state index contributed by atoms with van der Waals surface area (Å²) in [5.41, 5.74) is 8.52. The minimum absolute atomic E-state index is 0.227. The molecule has 92 valence electrons. The van der Waals surface area contributed by atoms with Crippen molar-refractivity contribution in [3.05, 3.63) is 35.0 Å². The summed E-state index contributed by atoms with van der Waals surface area (Å²) in [4.78, 5) is 3.25. The molecule has 1 unspecified atom stereocenters. The molecular weight excluding hydrogens is 232 g/mol. The van der Waals surface area contributed by atoms with Gasteiger partial charge >= 0.3 is 0 Å². The van der Waals surface area contributed by atoms with Gasteiger partial charge in [-0.2, -0.15) is 0 Å². The van der Waals surface area contributed by atoms with Crippen LogP contribution in [0.25, 0.3) is 10.9 Å². The summed E-state index contributed by atoms with van der Waals surface area (Å²) >= 11 is 5.96. The number of fused-ring (bicyclic) bond motifs is 1. The summed E-state index contributed by atoms with van der Waals surface area (Å²) in [5.74, 6) is 0.643. The molecule has 0 fully saturated rings. The van der Waals surface area contributed by atoms with Gasteiger partial charge in [-0.1, -0.05) is 31.5 Å². The molecule has 0 aliphatic carbocycles. The standard InChI is InChI=1S/C14H19ClN2/c1-9(2)5-12(16)6-10-8-17-14-7-11(15)3-4-13(10)14/h3-4,7-9,12,17H,5-6,16H2,1-2H3. The summed E-state index contributed by atoms with van der Waals surface area (Å²) < 4.78 is 0. The molecule has 3 N–H and O–H groups in total. The fraction of sp³-hybridized carbons (Fsp3) is 0.429. The molecule has 0 spiro atoms. The molecule has 2 rings (SSSR count). The molecule has 1 heterocycles. The van der Waals surface area contributed by atoms with Crippen LogP contribution in [-0.4, -0.2) is 11.0 Å². The number of aromatic nitrogens is 1. The van der Waals surface area contributed by atoms with Crippen molar-refractivity contribution in [2.75, 3.05) is 0 Å². The number of nitrogens with one attached hydrogen (secondary N) is 1. The molecule has 0 amide bonds. The highest BCUT2D eigenvalue weighted by Gasteiger charge is 2.10. The van der Waals surface area contributed by atoms with Crippen LogP contribution in [0.3, 0.4) is 0 Å². The third-order valence-corrected chi connectivity index (χ3v) is 3.22. The average molecular weight is 251 g/mol. The molecule has 1 atom stereocenters. The van der Waals surface area contributed by atoms with Gasteiger partial charge in [-0.25, -0.2) is 0 Å². The van der Waals surface area contributed by atoms with Gasteiger partial charge in [0.05, 0.1) is 0 Å². The summed E-state index contributed by atoms with van der Waals surface area (Å²) in [7, 11) is 0. The molecular formula is C14H19ClN2. The van der Waals surface area contributed by atoms with Crippen molar-refractivity contribution >= 4 is 22.5 Å². The van der Waals surface area contributed by atoms with Gasteiger partial charge in [-0.3, -0.25) is 0 Å². The van der Waals surface area contributed by atoms with Gasteiger partial charge in [0.25, 0.3) is 0 Å². The lowest BCUT2D eigenvalue weighted by molar-refractivity contribution is 0.494. The first-order valence-corrected chi connectivity index (χ1v) is 6.45. The topological polar surface area (TPSA) is 41.8 Å². The van der Waals surface area contributed by atoms with Gasteiger partial charge in [0, 0.05) is 28.2 Å². The second-order valence-electron chi connectivity index (χ2n) is 5.10. The fourth-order valence-corrected chi connectivity index (χ4v) is 2.47. The first kappa shape index (κ1) is 12.5. The number of hydrogen-bond acceptors (Lipinski definition) is 1. The van der Waals surface area contributed by atoms with E-state index in [9.17, 15) is 0 Å². The summed E-state index contributed by atoms with van der Waals surface area (Å²) in [6.45, 7) is 4.41. The number of rotatable bonds is 4. The van der Waals surface area contributed by atoms with Crippen molar-refractivity contribution in [1.82, 2.24) is 4.98 Å². The number of hydrogen-bond donors (Lipinski definition) is 2. The fourth-order valence-electron chi connectivity index (χ4n) is 2.30. The molecule has 0 saturated heterocycles. The van der Waals surface area contributed by atoms with Crippen LogP contribution >= 0.6 is 11.6 Å². The number of benzene rings is 1. The second kappa shape index (κ2) is 5.11. The Kier molecular flexibility index (Phi) is 3.75. The Bertz CT molecular complexity index is 502. The first-order chi connectivity index (χ1) is 8.06. The second-order valence-corrected chi connectivity index (χ2v) is 5.53. The van der Waals surface area contributed by atoms with Crippen LogP contribution < -0.4 is 5.73 Å². The predicted molar refractivity (Wildman–Crippen MR) is 74.4 cm³/mol. The highest BCUT2D eigenvalue weighted by atomic mass is 35.5. The number of H-pyrrole nitrogens is 1. The van der Waals surface area contributed by atoms with Gasteiger partial charge in [0.2, 0.25) is 0 Å². The van der Waals surface area contributed by atoms with E-state index >= 15 is 0 Å². The van der Waals surface area contributed by atoms with Gasteiger partial charge in [-0.15, -0.1) is 0 Å². The largest absolute Gasteiger partial charge is 0.361 e. The van der Waals surface area contributed by atoms with Crippen LogP contribution in [0.1, 0.15) is 25.8 Å². The monoisotopic (exact) mass is 250 g/mol. The SMILES string of the molecule is CC(C)CC(N)Cc1c[nH]c2cc(Cl)ccc12. The average Bonchev–Trinajstić information content (AvgIpc) is 2.59. The zero-order valence-electron chi connectivity index (χ0n) is 10.3. The summed E-state index contributed by atoms with van der Waals surface area (Å²) in [6, 6.07) is 6.17. The Morgan fingerprint density at radius 1 is 1.35 bits per heavy atom. The maximum atomic E-state index is 6.15. The van der Waals surface area contributed by atoms with Crippen molar-refractivity contribution in [1.29, 1.82) is 0 Å². The Labute approximate surface area is 107 Å². The smallest absolute Gasteiger partial charge is 0.0471 e. The van der Waals surface area contributed by atoms with E-state index in [0.717, 1.165) is 23.4 Å². The van der Waals surface area contributed by atoms with E-state index < -0.39 is 0 Å². The molecule has 0 saturated carbocycles. The Morgan fingerprint density at radius 3 is 2.82 bits per heavy atom.